The Morgan fingerprint density at radius 2 is 2.20 bits per heavy atom. The number of nitrogens with one attached hydrogen (secondary N) is 2. The second-order valence-corrected chi connectivity index (χ2v) is 4.86. The van der Waals surface area contributed by atoms with Gasteiger partial charge in [-0.05, 0) is 24.5 Å². The molecule has 1 aromatic rings. The zero-order valence-electron chi connectivity index (χ0n) is 12.3. The number of hydrogen-bond donors (Lipinski definition) is 2. The van der Waals surface area contributed by atoms with Gasteiger partial charge in [-0.1, -0.05) is 32.8 Å². The van der Waals surface area contributed by atoms with Gasteiger partial charge in [0.2, 0.25) is 0 Å². The van der Waals surface area contributed by atoms with Crippen LogP contribution < -0.4 is 15.4 Å². The Morgan fingerprint density at radius 1 is 1.45 bits per heavy atom. The molecule has 0 radical (unpaired) electrons. The predicted molar refractivity (Wildman–Crippen MR) is 81.8 cm³/mol. The molecule has 1 aromatic carbocycles. The lowest BCUT2D eigenvalue weighted by Crippen LogP contribution is -2.40. The Bertz CT molecular complexity index is 478. The van der Waals surface area contributed by atoms with Crippen LogP contribution in [-0.2, 0) is 0 Å². The van der Waals surface area contributed by atoms with Crippen molar-refractivity contribution >= 4 is 11.7 Å². The first-order chi connectivity index (χ1) is 9.56. The highest BCUT2D eigenvalue weighted by Crippen LogP contribution is 2.17. The van der Waals surface area contributed by atoms with Crippen LogP contribution in [0.5, 0.6) is 5.75 Å². The quantitative estimate of drug-likeness (QED) is 0.782. The molecule has 0 fully saturated rings. The molecule has 0 spiro atoms. The summed E-state index contributed by atoms with van der Waals surface area (Å²) in [4.78, 5) is 11.9. The maximum absolute atomic E-state index is 11.9. The summed E-state index contributed by atoms with van der Waals surface area (Å²) in [5, 5.41) is 5.50. The molecule has 2 N–H and O–H groups in total. The summed E-state index contributed by atoms with van der Waals surface area (Å²) in [6.45, 7) is 6.62. The molecule has 0 aromatic heterocycles. The lowest BCUT2D eigenvalue weighted by molar-refractivity contribution is 0.248. The standard InChI is InChI=1S/C16H22N2O2/c1-5-10-20-14-9-7-8-13(11-14)17-16(19)18-15(6-2)12(3)4/h2,7-9,11-12,15H,5,10H2,1,3-4H3,(H2,17,18,19)/t15-/m0/s1. The second kappa shape index (κ2) is 8.11. The third kappa shape index (κ3) is 5.23. The van der Waals surface area contributed by atoms with Crippen LogP contribution in [0.2, 0.25) is 0 Å². The van der Waals surface area contributed by atoms with Crippen LogP contribution in [0.25, 0.3) is 0 Å². The fraction of sp³-hybridized carbons (Fsp3) is 0.438. The first-order valence-electron chi connectivity index (χ1n) is 6.83. The number of ether oxygens (including phenoxy) is 1. The maximum atomic E-state index is 11.9. The van der Waals surface area contributed by atoms with E-state index in [0.29, 0.717) is 12.3 Å². The van der Waals surface area contributed by atoms with Gasteiger partial charge in [-0.25, -0.2) is 4.79 Å². The number of rotatable bonds is 6. The van der Waals surface area contributed by atoms with Gasteiger partial charge >= 0.3 is 6.03 Å². The van der Waals surface area contributed by atoms with Crippen molar-refractivity contribution in [2.24, 2.45) is 5.92 Å². The van der Waals surface area contributed by atoms with Crippen molar-refractivity contribution in [1.29, 1.82) is 0 Å². The van der Waals surface area contributed by atoms with E-state index in [1.807, 2.05) is 32.9 Å². The number of carbonyl (C=O) groups is 1. The monoisotopic (exact) mass is 274 g/mol. The summed E-state index contributed by atoms with van der Waals surface area (Å²) in [5.41, 5.74) is 0.677. The van der Waals surface area contributed by atoms with Crippen LogP contribution >= 0.6 is 0 Å². The van der Waals surface area contributed by atoms with Crippen LogP contribution in [-0.4, -0.2) is 18.7 Å². The molecule has 2 amide bonds. The van der Waals surface area contributed by atoms with Crippen molar-refractivity contribution in [2.75, 3.05) is 11.9 Å². The minimum Gasteiger partial charge on any atom is -0.494 e. The molecule has 0 heterocycles. The maximum Gasteiger partial charge on any atom is 0.320 e. The zero-order valence-corrected chi connectivity index (χ0v) is 12.3. The second-order valence-electron chi connectivity index (χ2n) is 4.86. The van der Waals surface area contributed by atoms with E-state index < -0.39 is 0 Å². The number of carbonyl (C=O) groups excluding carboxylic acids is 1. The van der Waals surface area contributed by atoms with Gasteiger partial charge in [0, 0.05) is 11.8 Å². The minimum atomic E-state index is -0.311. The van der Waals surface area contributed by atoms with Gasteiger partial charge in [0.15, 0.2) is 0 Å². The number of urea groups is 1. The fourth-order valence-electron chi connectivity index (χ4n) is 1.59. The van der Waals surface area contributed by atoms with Crippen molar-refractivity contribution in [1.82, 2.24) is 5.32 Å². The summed E-state index contributed by atoms with van der Waals surface area (Å²) in [7, 11) is 0. The predicted octanol–water partition coefficient (Wildman–Crippen LogP) is 3.25. The lowest BCUT2D eigenvalue weighted by Gasteiger charge is -2.17. The molecule has 0 bridgehead atoms. The molecule has 0 aliphatic heterocycles. The largest absolute Gasteiger partial charge is 0.494 e. The molecule has 0 saturated carbocycles. The summed E-state index contributed by atoms with van der Waals surface area (Å²) < 4.78 is 5.51. The van der Waals surface area contributed by atoms with Crippen LogP contribution in [0.3, 0.4) is 0 Å². The van der Waals surface area contributed by atoms with Gasteiger partial charge < -0.3 is 15.4 Å². The van der Waals surface area contributed by atoms with E-state index in [1.165, 1.54) is 0 Å². The van der Waals surface area contributed by atoms with Gasteiger partial charge in [-0.15, -0.1) is 6.42 Å². The highest BCUT2D eigenvalue weighted by Gasteiger charge is 2.13. The average molecular weight is 274 g/mol. The molecule has 108 valence electrons. The van der Waals surface area contributed by atoms with E-state index in [0.717, 1.165) is 12.2 Å². The molecule has 0 aliphatic carbocycles. The highest BCUT2D eigenvalue weighted by atomic mass is 16.5. The number of anilines is 1. The summed E-state index contributed by atoms with van der Waals surface area (Å²) in [6.07, 6.45) is 6.32. The average Bonchev–Trinajstić information content (AvgIpc) is 2.42. The van der Waals surface area contributed by atoms with E-state index in [9.17, 15) is 4.79 Å². The minimum absolute atomic E-state index is 0.185. The lowest BCUT2D eigenvalue weighted by atomic mass is 10.1. The van der Waals surface area contributed by atoms with Crippen molar-refractivity contribution in [2.45, 2.75) is 33.2 Å². The molecule has 4 heteroatoms. The molecule has 0 unspecified atom stereocenters. The van der Waals surface area contributed by atoms with Gasteiger partial charge in [-0.3, -0.25) is 0 Å². The van der Waals surface area contributed by atoms with Crippen LogP contribution in [0, 0.1) is 18.3 Å². The number of hydrogen-bond acceptors (Lipinski definition) is 2. The molecule has 1 rings (SSSR count). The number of amides is 2. The fourth-order valence-corrected chi connectivity index (χ4v) is 1.59. The van der Waals surface area contributed by atoms with E-state index in [-0.39, 0.29) is 18.0 Å². The van der Waals surface area contributed by atoms with Crippen molar-refractivity contribution in [3.63, 3.8) is 0 Å². The third-order valence-electron chi connectivity index (χ3n) is 2.70. The van der Waals surface area contributed by atoms with E-state index >= 15 is 0 Å². The van der Waals surface area contributed by atoms with Gasteiger partial charge in [0.05, 0.1) is 12.6 Å². The molecule has 20 heavy (non-hydrogen) atoms. The van der Waals surface area contributed by atoms with E-state index in [2.05, 4.69) is 16.6 Å². The topological polar surface area (TPSA) is 50.4 Å². The van der Waals surface area contributed by atoms with Crippen LogP contribution in [0.1, 0.15) is 27.2 Å². The van der Waals surface area contributed by atoms with E-state index in [4.69, 9.17) is 11.2 Å². The number of benzene rings is 1. The Morgan fingerprint density at radius 3 is 2.80 bits per heavy atom. The molecule has 0 saturated heterocycles. The van der Waals surface area contributed by atoms with E-state index in [1.54, 1.807) is 12.1 Å². The molecular weight excluding hydrogens is 252 g/mol. The molecule has 1 atom stereocenters. The Balaban J connectivity index is 2.59. The van der Waals surface area contributed by atoms with Crippen molar-refractivity contribution < 1.29 is 9.53 Å². The first kappa shape index (κ1) is 15.9. The van der Waals surface area contributed by atoms with Crippen molar-refractivity contribution in [3.8, 4) is 18.1 Å². The Hall–Kier alpha value is -2.15. The Labute approximate surface area is 120 Å². The van der Waals surface area contributed by atoms with Crippen molar-refractivity contribution in [3.05, 3.63) is 24.3 Å². The summed E-state index contributed by atoms with van der Waals surface area (Å²) in [6, 6.07) is 6.69. The normalized spacial score (nSPS) is 11.6. The first-order valence-corrected chi connectivity index (χ1v) is 6.83. The Kier molecular flexibility index (Phi) is 6.45. The smallest absolute Gasteiger partial charge is 0.320 e. The summed E-state index contributed by atoms with van der Waals surface area (Å²) >= 11 is 0. The van der Waals surface area contributed by atoms with Gasteiger partial charge in [0.25, 0.3) is 0 Å². The van der Waals surface area contributed by atoms with Gasteiger partial charge in [-0.2, -0.15) is 0 Å². The van der Waals surface area contributed by atoms with Crippen LogP contribution in [0.4, 0.5) is 10.5 Å². The molecular formula is C16H22N2O2. The number of terminal acetylenes is 1. The molecule has 4 nitrogen and oxygen atoms in total. The van der Waals surface area contributed by atoms with Crippen LogP contribution in [0.15, 0.2) is 24.3 Å². The third-order valence-corrected chi connectivity index (χ3v) is 2.70. The molecule has 0 aliphatic rings. The summed E-state index contributed by atoms with van der Waals surface area (Å²) in [5.74, 6) is 3.48. The highest BCUT2D eigenvalue weighted by molar-refractivity contribution is 5.89. The zero-order chi connectivity index (χ0) is 15.0. The SMILES string of the molecule is C#C[C@H](NC(=O)Nc1cccc(OCCC)c1)C(C)C. The van der Waals surface area contributed by atoms with Gasteiger partial charge in [0.1, 0.15) is 5.75 Å².